The Morgan fingerprint density at radius 3 is 1.64 bits per heavy atom. The normalized spacial score (nSPS) is 9.64. The number of carbonyl (C=O) groups excluding carboxylic acids is 2. The Balaban J connectivity index is 3.39. The molecule has 1 heterocycles. The summed E-state index contributed by atoms with van der Waals surface area (Å²) in [6.07, 6.45) is 1.04. The molecule has 11 heavy (non-hydrogen) atoms. The molecule has 0 amide bonds. The Kier molecular flexibility index (Phi) is 2.65. The minimum atomic E-state index is 0.177. The first-order valence-corrected chi connectivity index (χ1v) is 4.16. The van der Waals surface area contributed by atoms with Crippen LogP contribution in [0.2, 0.25) is 8.67 Å². The monoisotopic (exact) mass is 208 g/mol. The van der Waals surface area contributed by atoms with Crippen LogP contribution in [0.25, 0.3) is 0 Å². The van der Waals surface area contributed by atoms with Crippen molar-refractivity contribution in [3.63, 3.8) is 0 Å². The van der Waals surface area contributed by atoms with Crippen LogP contribution in [-0.4, -0.2) is 12.6 Å². The van der Waals surface area contributed by atoms with Gasteiger partial charge in [0.15, 0.2) is 12.6 Å². The molecule has 5 heteroatoms. The van der Waals surface area contributed by atoms with Crippen LogP contribution in [0, 0.1) is 0 Å². The van der Waals surface area contributed by atoms with Gasteiger partial charge in [-0.05, 0) is 0 Å². The molecule has 0 aromatic carbocycles. The topological polar surface area (TPSA) is 34.1 Å². The van der Waals surface area contributed by atoms with Crippen molar-refractivity contribution in [2.24, 2.45) is 0 Å². The Labute approximate surface area is 76.7 Å². The van der Waals surface area contributed by atoms with Gasteiger partial charge in [-0.2, -0.15) is 0 Å². The quantitative estimate of drug-likeness (QED) is 0.701. The summed E-state index contributed by atoms with van der Waals surface area (Å²) < 4.78 is 0.513. The predicted molar refractivity (Wildman–Crippen MR) is 45.1 cm³/mol. The molecule has 0 saturated carbocycles. The summed E-state index contributed by atoms with van der Waals surface area (Å²) in [5.74, 6) is 0. The lowest BCUT2D eigenvalue weighted by atomic mass is 10.2. The van der Waals surface area contributed by atoms with Crippen molar-refractivity contribution in [3.8, 4) is 0 Å². The molecule has 0 bridgehead atoms. The van der Waals surface area contributed by atoms with E-state index in [1.165, 1.54) is 0 Å². The Morgan fingerprint density at radius 1 is 1.00 bits per heavy atom. The largest absolute Gasteiger partial charge is 0.298 e. The summed E-state index contributed by atoms with van der Waals surface area (Å²) in [5, 5.41) is 0. The number of thiophene rings is 1. The summed E-state index contributed by atoms with van der Waals surface area (Å²) in [6, 6.07) is 0. The van der Waals surface area contributed by atoms with E-state index in [1.807, 2.05) is 0 Å². The minimum Gasteiger partial charge on any atom is -0.298 e. The molecule has 58 valence electrons. The summed E-state index contributed by atoms with van der Waals surface area (Å²) in [4.78, 5) is 20.7. The van der Waals surface area contributed by atoms with E-state index in [-0.39, 0.29) is 19.8 Å². The van der Waals surface area contributed by atoms with E-state index in [0.717, 1.165) is 11.3 Å². The molecular formula is C6H2Cl2O2S. The highest BCUT2D eigenvalue weighted by Crippen LogP contribution is 2.34. The molecule has 1 rings (SSSR count). The number of rotatable bonds is 2. The maximum Gasteiger partial charge on any atom is 0.153 e. The van der Waals surface area contributed by atoms with Gasteiger partial charge in [0, 0.05) is 0 Å². The van der Waals surface area contributed by atoms with Crippen LogP contribution in [0.5, 0.6) is 0 Å². The minimum absolute atomic E-state index is 0.177. The van der Waals surface area contributed by atoms with Gasteiger partial charge in [0.05, 0.1) is 11.1 Å². The molecule has 0 aliphatic rings. The van der Waals surface area contributed by atoms with E-state index in [4.69, 9.17) is 23.2 Å². The van der Waals surface area contributed by atoms with E-state index in [9.17, 15) is 9.59 Å². The molecule has 0 N–H and O–H groups in total. The van der Waals surface area contributed by atoms with Crippen LogP contribution in [0.3, 0.4) is 0 Å². The molecule has 0 atom stereocenters. The smallest absolute Gasteiger partial charge is 0.153 e. The molecular weight excluding hydrogens is 207 g/mol. The number of carbonyl (C=O) groups is 2. The second-order valence-corrected chi connectivity index (χ2v) is 3.94. The van der Waals surface area contributed by atoms with Crippen LogP contribution in [0.1, 0.15) is 20.7 Å². The number of halogens is 2. The number of hydrogen-bond acceptors (Lipinski definition) is 3. The molecule has 2 nitrogen and oxygen atoms in total. The van der Waals surface area contributed by atoms with E-state index in [1.54, 1.807) is 0 Å². The lowest BCUT2D eigenvalue weighted by molar-refractivity contribution is 0.109. The van der Waals surface area contributed by atoms with Gasteiger partial charge < -0.3 is 0 Å². The third-order valence-corrected chi connectivity index (χ3v) is 2.80. The van der Waals surface area contributed by atoms with Crippen molar-refractivity contribution in [2.75, 3.05) is 0 Å². The zero-order valence-electron chi connectivity index (χ0n) is 5.14. The maximum absolute atomic E-state index is 10.3. The van der Waals surface area contributed by atoms with Gasteiger partial charge in [0.25, 0.3) is 0 Å². The highest BCUT2D eigenvalue weighted by molar-refractivity contribution is 7.20. The first kappa shape index (κ1) is 8.71. The molecule has 0 saturated heterocycles. The third-order valence-electron chi connectivity index (χ3n) is 1.13. The fourth-order valence-corrected chi connectivity index (χ4v) is 2.19. The van der Waals surface area contributed by atoms with Crippen molar-refractivity contribution in [1.29, 1.82) is 0 Å². The fourth-order valence-electron chi connectivity index (χ4n) is 0.620. The summed E-state index contributed by atoms with van der Waals surface area (Å²) in [7, 11) is 0. The van der Waals surface area contributed by atoms with E-state index in [0.29, 0.717) is 12.6 Å². The van der Waals surface area contributed by atoms with Crippen molar-refractivity contribution < 1.29 is 9.59 Å². The first-order valence-electron chi connectivity index (χ1n) is 2.58. The van der Waals surface area contributed by atoms with Crippen molar-refractivity contribution in [2.45, 2.75) is 0 Å². The molecule has 0 spiro atoms. The second kappa shape index (κ2) is 3.34. The van der Waals surface area contributed by atoms with E-state index in [2.05, 4.69) is 0 Å². The Hall–Kier alpha value is -0.380. The molecule has 0 fully saturated rings. The second-order valence-electron chi connectivity index (χ2n) is 1.71. The highest BCUT2D eigenvalue weighted by atomic mass is 35.5. The molecule has 0 radical (unpaired) electrons. The van der Waals surface area contributed by atoms with Gasteiger partial charge in [-0.3, -0.25) is 9.59 Å². The molecule has 0 aliphatic heterocycles. The highest BCUT2D eigenvalue weighted by Gasteiger charge is 2.13. The van der Waals surface area contributed by atoms with Gasteiger partial charge in [0.2, 0.25) is 0 Å². The molecule has 0 aliphatic carbocycles. The molecule has 0 unspecified atom stereocenters. The van der Waals surface area contributed by atoms with Gasteiger partial charge in [-0.25, -0.2) is 0 Å². The van der Waals surface area contributed by atoms with Crippen LogP contribution in [-0.2, 0) is 0 Å². The molecule has 1 aromatic heterocycles. The van der Waals surface area contributed by atoms with Gasteiger partial charge in [0.1, 0.15) is 8.67 Å². The van der Waals surface area contributed by atoms with E-state index >= 15 is 0 Å². The summed E-state index contributed by atoms with van der Waals surface area (Å²) >= 11 is 12.2. The van der Waals surface area contributed by atoms with E-state index < -0.39 is 0 Å². The maximum atomic E-state index is 10.3. The van der Waals surface area contributed by atoms with Gasteiger partial charge in [-0.1, -0.05) is 23.2 Å². The van der Waals surface area contributed by atoms with Crippen LogP contribution in [0.4, 0.5) is 0 Å². The zero-order chi connectivity index (χ0) is 8.43. The fraction of sp³-hybridized carbons (Fsp3) is 0. The Morgan fingerprint density at radius 2 is 1.36 bits per heavy atom. The zero-order valence-corrected chi connectivity index (χ0v) is 7.46. The summed E-state index contributed by atoms with van der Waals surface area (Å²) in [6.45, 7) is 0. The van der Waals surface area contributed by atoms with Gasteiger partial charge in [-0.15, -0.1) is 11.3 Å². The van der Waals surface area contributed by atoms with Crippen LogP contribution >= 0.6 is 34.5 Å². The average molecular weight is 209 g/mol. The third kappa shape index (κ3) is 1.45. The lowest BCUT2D eigenvalue weighted by Crippen LogP contribution is -1.84. The number of hydrogen-bond donors (Lipinski definition) is 0. The SMILES string of the molecule is O=Cc1c(Cl)sc(Cl)c1C=O. The lowest BCUT2D eigenvalue weighted by Gasteiger charge is -1.84. The first-order chi connectivity index (χ1) is 5.20. The summed E-state index contributed by atoms with van der Waals surface area (Å²) in [5.41, 5.74) is 0.355. The number of aldehydes is 2. The van der Waals surface area contributed by atoms with Crippen LogP contribution < -0.4 is 0 Å². The van der Waals surface area contributed by atoms with Crippen molar-refractivity contribution >= 4 is 47.1 Å². The molecule has 1 aromatic rings. The van der Waals surface area contributed by atoms with Gasteiger partial charge >= 0.3 is 0 Å². The average Bonchev–Trinajstić information content (AvgIpc) is 2.24. The van der Waals surface area contributed by atoms with Crippen molar-refractivity contribution in [1.82, 2.24) is 0 Å². The predicted octanol–water partition coefficient (Wildman–Crippen LogP) is 2.68. The Bertz CT molecular complexity index is 277. The standard InChI is InChI=1S/C6H2Cl2O2S/c7-5-3(1-9)4(2-10)6(8)11-5/h1-2H. The van der Waals surface area contributed by atoms with Crippen molar-refractivity contribution in [3.05, 3.63) is 19.8 Å². The van der Waals surface area contributed by atoms with Crippen LogP contribution in [0.15, 0.2) is 0 Å².